The standard InChI is InChI=1S/C14H26ClN3O2/c1-4-6-16-13(11-20-9-8-19-3)14-12(15)10-17-18(14)7-5-2/h10,13,16H,4-9,11H2,1-3H3. The van der Waals surface area contributed by atoms with Gasteiger partial charge in [-0.3, -0.25) is 4.68 Å². The molecule has 0 saturated heterocycles. The molecule has 1 aromatic rings. The van der Waals surface area contributed by atoms with Crippen LogP contribution in [0, 0.1) is 0 Å². The zero-order valence-electron chi connectivity index (χ0n) is 12.7. The number of nitrogens with zero attached hydrogens (tertiary/aromatic N) is 2. The number of nitrogens with one attached hydrogen (secondary N) is 1. The lowest BCUT2D eigenvalue weighted by molar-refractivity contribution is 0.0573. The van der Waals surface area contributed by atoms with E-state index >= 15 is 0 Å². The quantitative estimate of drug-likeness (QED) is 0.639. The molecular formula is C14H26ClN3O2. The molecule has 0 saturated carbocycles. The smallest absolute Gasteiger partial charge is 0.0835 e. The molecule has 0 fully saturated rings. The van der Waals surface area contributed by atoms with Crippen molar-refractivity contribution in [3.63, 3.8) is 0 Å². The highest BCUT2D eigenvalue weighted by atomic mass is 35.5. The average molecular weight is 304 g/mol. The van der Waals surface area contributed by atoms with Crippen LogP contribution >= 0.6 is 11.6 Å². The summed E-state index contributed by atoms with van der Waals surface area (Å²) >= 11 is 6.29. The SMILES string of the molecule is CCCNC(COCCOC)c1c(Cl)cnn1CCC. The largest absolute Gasteiger partial charge is 0.382 e. The molecule has 20 heavy (non-hydrogen) atoms. The molecule has 5 nitrogen and oxygen atoms in total. The second-order valence-electron chi connectivity index (χ2n) is 4.68. The summed E-state index contributed by atoms with van der Waals surface area (Å²) in [6.45, 7) is 7.81. The van der Waals surface area contributed by atoms with Crippen LogP contribution in [-0.4, -0.2) is 43.3 Å². The van der Waals surface area contributed by atoms with Crippen LogP contribution < -0.4 is 5.32 Å². The molecule has 1 aromatic heterocycles. The van der Waals surface area contributed by atoms with E-state index in [2.05, 4.69) is 24.3 Å². The van der Waals surface area contributed by atoms with Crippen LogP contribution in [0.5, 0.6) is 0 Å². The number of hydrogen-bond acceptors (Lipinski definition) is 4. The van der Waals surface area contributed by atoms with Gasteiger partial charge in [-0.2, -0.15) is 5.10 Å². The molecule has 0 spiro atoms. The van der Waals surface area contributed by atoms with Crippen LogP contribution in [0.3, 0.4) is 0 Å². The van der Waals surface area contributed by atoms with Gasteiger partial charge in [0.1, 0.15) is 0 Å². The topological polar surface area (TPSA) is 48.3 Å². The molecule has 0 aliphatic carbocycles. The van der Waals surface area contributed by atoms with E-state index in [0.29, 0.717) is 24.8 Å². The zero-order chi connectivity index (χ0) is 14.8. The number of aromatic nitrogens is 2. The van der Waals surface area contributed by atoms with E-state index in [-0.39, 0.29) is 6.04 Å². The van der Waals surface area contributed by atoms with Crippen molar-refractivity contribution in [3.8, 4) is 0 Å². The lowest BCUT2D eigenvalue weighted by Gasteiger charge is -2.20. The van der Waals surface area contributed by atoms with Crippen molar-refractivity contribution in [2.75, 3.05) is 33.5 Å². The van der Waals surface area contributed by atoms with Crippen molar-refractivity contribution in [1.82, 2.24) is 15.1 Å². The molecule has 1 unspecified atom stereocenters. The second-order valence-corrected chi connectivity index (χ2v) is 5.08. The summed E-state index contributed by atoms with van der Waals surface area (Å²) in [5.41, 5.74) is 1.01. The molecule has 1 N–H and O–H groups in total. The van der Waals surface area contributed by atoms with Gasteiger partial charge in [0, 0.05) is 13.7 Å². The molecule has 0 amide bonds. The lowest BCUT2D eigenvalue weighted by atomic mass is 10.2. The minimum Gasteiger partial charge on any atom is -0.382 e. The Morgan fingerprint density at radius 3 is 2.80 bits per heavy atom. The van der Waals surface area contributed by atoms with Crippen molar-refractivity contribution < 1.29 is 9.47 Å². The first-order valence-corrected chi connectivity index (χ1v) is 7.63. The van der Waals surface area contributed by atoms with Gasteiger partial charge in [0.15, 0.2) is 0 Å². The molecule has 1 heterocycles. The van der Waals surface area contributed by atoms with E-state index < -0.39 is 0 Å². The lowest BCUT2D eigenvalue weighted by Crippen LogP contribution is -2.29. The van der Waals surface area contributed by atoms with Gasteiger partial charge in [0.25, 0.3) is 0 Å². The Labute approximate surface area is 126 Å². The van der Waals surface area contributed by atoms with E-state index in [1.165, 1.54) is 0 Å². The molecule has 116 valence electrons. The third-order valence-corrected chi connectivity index (χ3v) is 3.25. The Morgan fingerprint density at radius 2 is 2.15 bits per heavy atom. The van der Waals surface area contributed by atoms with Crippen molar-refractivity contribution in [1.29, 1.82) is 0 Å². The summed E-state index contributed by atoms with van der Waals surface area (Å²) in [5, 5.41) is 8.52. The Bertz CT molecular complexity index is 371. The summed E-state index contributed by atoms with van der Waals surface area (Å²) in [6.07, 6.45) is 3.80. The minimum atomic E-state index is 0.0633. The van der Waals surface area contributed by atoms with Crippen LogP contribution in [0.4, 0.5) is 0 Å². The van der Waals surface area contributed by atoms with Gasteiger partial charge >= 0.3 is 0 Å². The molecule has 6 heteroatoms. The van der Waals surface area contributed by atoms with Gasteiger partial charge in [-0.1, -0.05) is 25.4 Å². The number of halogens is 1. The highest BCUT2D eigenvalue weighted by Crippen LogP contribution is 2.23. The summed E-state index contributed by atoms with van der Waals surface area (Å²) in [7, 11) is 1.67. The first kappa shape index (κ1) is 17.4. The van der Waals surface area contributed by atoms with E-state index in [1.54, 1.807) is 13.3 Å². The van der Waals surface area contributed by atoms with Crippen molar-refractivity contribution in [2.45, 2.75) is 39.3 Å². The fourth-order valence-corrected chi connectivity index (χ4v) is 2.28. The molecule has 0 aliphatic rings. The summed E-state index contributed by atoms with van der Waals surface area (Å²) in [5.74, 6) is 0. The van der Waals surface area contributed by atoms with Crippen LogP contribution in [-0.2, 0) is 16.0 Å². The Hall–Kier alpha value is -0.620. The maximum Gasteiger partial charge on any atom is 0.0835 e. The molecule has 0 aromatic carbocycles. The van der Waals surface area contributed by atoms with Crippen LogP contribution in [0.15, 0.2) is 6.20 Å². The third-order valence-electron chi connectivity index (χ3n) is 2.96. The number of aryl methyl sites for hydroxylation is 1. The first-order valence-electron chi connectivity index (χ1n) is 7.25. The van der Waals surface area contributed by atoms with Crippen molar-refractivity contribution in [2.24, 2.45) is 0 Å². The van der Waals surface area contributed by atoms with Gasteiger partial charge in [-0.05, 0) is 19.4 Å². The van der Waals surface area contributed by atoms with Crippen LogP contribution in [0.2, 0.25) is 5.02 Å². The van der Waals surface area contributed by atoms with E-state index in [4.69, 9.17) is 21.1 Å². The Balaban J connectivity index is 2.72. The number of ether oxygens (including phenoxy) is 2. The molecule has 0 aliphatic heterocycles. The number of methoxy groups -OCH3 is 1. The maximum absolute atomic E-state index is 6.29. The van der Waals surface area contributed by atoms with Crippen LogP contribution in [0.1, 0.15) is 38.4 Å². The maximum atomic E-state index is 6.29. The Kier molecular flexibility index (Phi) is 8.85. The third kappa shape index (κ3) is 5.40. The van der Waals surface area contributed by atoms with Gasteiger partial charge in [0.2, 0.25) is 0 Å². The highest BCUT2D eigenvalue weighted by Gasteiger charge is 2.19. The van der Waals surface area contributed by atoms with E-state index in [1.807, 2.05) is 4.68 Å². The summed E-state index contributed by atoms with van der Waals surface area (Å²) in [4.78, 5) is 0. The number of rotatable bonds is 11. The van der Waals surface area contributed by atoms with Gasteiger partial charge in [0.05, 0.1) is 42.8 Å². The zero-order valence-corrected chi connectivity index (χ0v) is 13.4. The summed E-state index contributed by atoms with van der Waals surface area (Å²) in [6, 6.07) is 0.0633. The predicted octanol–water partition coefficient (Wildman–Crippen LogP) is 2.65. The van der Waals surface area contributed by atoms with Crippen molar-refractivity contribution in [3.05, 3.63) is 16.9 Å². The molecule has 1 atom stereocenters. The fourth-order valence-electron chi connectivity index (χ4n) is 2.00. The highest BCUT2D eigenvalue weighted by molar-refractivity contribution is 6.31. The second kappa shape index (κ2) is 10.2. The Morgan fingerprint density at radius 1 is 1.35 bits per heavy atom. The average Bonchev–Trinajstić information content (AvgIpc) is 2.80. The molecule has 0 bridgehead atoms. The predicted molar refractivity (Wildman–Crippen MR) is 81.3 cm³/mol. The molecule has 0 radical (unpaired) electrons. The van der Waals surface area contributed by atoms with Crippen molar-refractivity contribution >= 4 is 11.6 Å². The van der Waals surface area contributed by atoms with E-state index in [0.717, 1.165) is 31.6 Å². The minimum absolute atomic E-state index is 0.0633. The summed E-state index contributed by atoms with van der Waals surface area (Å²) < 4.78 is 12.6. The van der Waals surface area contributed by atoms with Crippen LogP contribution in [0.25, 0.3) is 0 Å². The monoisotopic (exact) mass is 303 g/mol. The first-order chi connectivity index (χ1) is 9.74. The van der Waals surface area contributed by atoms with Gasteiger partial charge in [-0.15, -0.1) is 0 Å². The fraction of sp³-hybridized carbons (Fsp3) is 0.786. The number of hydrogen-bond donors (Lipinski definition) is 1. The van der Waals surface area contributed by atoms with Gasteiger partial charge < -0.3 is 14.8 Å². The van der Waals surface area contributed by atoms with Gasteiger partial charge in [-0.25, -0.2) is 0 Å². The normalized spacial score (nSPS) is 12.8. The van der Waals surface area contributed by atoms with E-state index in [9.17, 15) is 0 Å². The molecular weight excluding hydrogens is 278 g/mol. The molecule has 1 rings (SSSR count).